The zero-order valence-corrected chi connectivity index (χ0v) is 7.94. The second kappa shape index (κ2) is 3.44. The zero-order valence-electron chi connectivity index (χ0n) is 7.94. The van der Waals surface area contributed by atoms with Gasteiger partial charge in [-0.05, 0) is 12.8 Å². The van der Waals surface area contributed by atoms with Crippen LogP contribution in [0, 0.1) is 11.8 Å². The molecule has 2 amide bonds. The van der Waals surface area contributed by atoms with Gasteiger partial charge < -0.3 is 4.84 Å². The van der Waals surface area contributed by atoms with Crippen molar-refractivity contribution in [2.45, 2.75) is 25.7 Å². The van der Waals surface area contributed by atoms with E-state index >= 15 is 0 Å². The lowest BCUT2D eigenvalue weighted by atomic mass is 9.81. The number of nitrogens with zero attached hydrogens (tertiary/aromatic N) is 1. The SMILES string of the molecule is C=CON1C(=O)C2CCCCC2C1=O. The molecule has 1 saturated heterocycles. The Morgan fingerprint density at radius 3 is 2.14 bits per heavy atom. The molecule has 0 aromatic rings. The summed E-state index contributed by atoms with van der Waals surface area (Å²) in [5.41, 5.74) is 0. The molecule has 0 bridgehead atoms. The van der Waals surface area contributed by atoms with Crippen LogP contribution in [0.1, 0.15) is 25.7 Å². The molecule has 0 aromatic heterocycles. The van der Waals surface area contributed by atoms with Crippen LogP contribution in [0.4, 0.5) is 0 Å². The maximum absolute atomic E-state index is 11.7. The molecular weight excluding hydrogens is 182 g/mol. The summed E-state index contributed by atoms with van der Waals surface area (Å²) in [5.74, 6) is -0.674. The Kier molecular flexibility index (Phi) is 2.27. The molecule has 1 heterocycles. The van der Waals surface area contributed by atoms with E-state index < -0.39 is 0 Å². The van der Waals surface area contributed by atoms with Crippen LogP contribution in [-0.4, -0.2) is 16.9 Å². The summed E-state index contributed by atoms with van der Waals surface area (Å²) in [5, 5.41) is 0.869. The van der Waals surface area contributed by atoms with Crippen molar-refractivity contribution in [3.05, 3.63) is 12.8 Å². The van der Waals surface area contributed by atoms with Crippen LogP contribution < -0.4 is 0 Å². The minimum Gasteiger partial charge on any atom is -0.378 e. The Morgan fingerprint density at radius 2 is 1.71 bits per heavy atom. The van der Waals surface area contributed by atoms with Gasteiger partial charge in [0.15, 0.2) is 0 Å². The van der Waals surface area contributed by atoms with Gasteiger partial charge in [-0.2, -0.15) is 0 Å². The number of imide groups is 1. The van der Waals surface area contributed by atoms with Gasteiger partial charge in [0.1, 0.15) is 6.26 Å². The molecule has 1 saturated carbocycles. The van der Waals surface area contributed by atoms with Crippen molar-refractivity contribution in [2.24, 2.45) is 11.8 Å². The predicted molar refractivity (Wildman–Crippen MR) is 48.6 cm³/mol. The summed E-state index contributed by atoms with van der Waals surface area (Å²) in [6.07, 6.45) is 4.80. The number of hydrogen-bond acceptors (Lipinski definition) is 3. The molecule has 4 nitrogen and oxygen atoms in total. The summed E-state index contributed by atoms with van der Waals surface area (Å²) in [7, 11) is 0. The molecule has 0 radical (unpaired) electrons. The minimum atomic E-state index is -0.195. The van der Waals surface area contributed by atoms with Gasteiger partial charge in [-0.25, -0.2) is 0 Å². The fourth-order valence-electron chi connectivity index (χ4n) is 2.31. The molecule has 1 aliphatic heterocycles. The number of fused-ring (bicyclic) bond motifs is 1. The smallest absolute Gasteiger partial charge is 0.267 e. The Labute approximate surface area is 82.5 Å². The van der Waals surface area contributed by atoms with E-state index in [0.717, 1.165) is 37.0 Å². The fraction of sp³-hybridized carbons (Fsp3) is 0.600. The van der Waals surface area contributed by atoms with E-state index in [9.17, 15) is 9.59 Å². The number of carbonyl (C=O) groups is 2. The summed E-state index contributed by atoms with van der Waals surface area (Å²) >= 11 is 0. The van der Waals surface area contributed by atoms with Gasteiger partial charge in [0.25, 0.3) is 11.8 Å². The topological polar surface area (TPSA) is 46.6 Å². The van der Waals surface area contributed by atoms with Gasteiger partial charge in [-0.1, -0.05) is 19.4 Å². The highest BCUT2D eigenvalue weighted by Gasteiger charge is 2.49. The quantitative estimate of drug-likeness (QED) is 0.492. The maximum Gasteiger partial charge on any atom is 0.267 e. The minimum absolute atomic E-state index is 0.142. The first-order chi connectivity index (χ1) is 6.75. The zero-order chi connectivity index (χ0) is 10.1. The largest absolute Gasteiger partial charge is 0.378 e. The van der Waals surface area contributed by atoms with Gasteiger partial charge in [0.2, 0.25) is 0 Å². The molecule has 2 atom stereocenters. The van der Waals surface area contributed by atoms with Crippen LogP contribution in [0.25, 0.3) is 0 Å². The molecule has 2 unspecified atom stereocenters. The van der Waals surface area contributed by atoms with Gasteiger partial charge in [0.05, 0.1) is 11.8 Å². The average molecular weight is 195 g/mol. The molecule has 0 aromatic carbocycles. The van der Waals surface area contributed by atoms with Crippen molar-refractivity contribution < 1.29 is 14.4 Å². The third kappa shape index (κ3) is 1.22. The molecule has 0 spiro atoms. The van der Waals surface area contributed by atoms with Gasteiger partial charge in [-0.15, -0.1) is 5.06 Å². The predicted octanol–water partition coefficient (Wildman–Crippen LogP) is 1.24. The van der Waals surface area contributed by atoms with E-state index in [0.29, 0.717) is 0 Å². The highest BCUT2D eigenvalue weighted by atomic mass is 16.7. The van der Waals surface area contributed by atoms with Crippen LogP contribution in [0.3, 0.4) is 0 Å². The molecule has 2 rings (SSSR count). The Hall–Kier alpha value is -1.32. The number of carbonyl (C=O) groups excluding carboxylic acids is 2. The standard InChI is InChI=1S/C10H13NO3/c1-2-14-11-9(12)7-5-3-4-6-8(7)10(11)13/h2,7-8H,1,3-6H2. The number of hydrogen-bond donors (Lipinski definition) is 0. The lowest BCUT2D eigenvalue weighted by Gasteiger charge is -2.19. The molecular formula is C10H13NO3. The van der Waals surface area contributed by atoms with Crippen LogP contribution in [0.2, 0.25) is 0 Å². The summed E-state index contributed by atoms with van der Waals surface area (Å²) in [6.45, 7) is 3.34. The van der Waals surface area contributed by atoms with E-state index in [2.05, 4.69) is 6.58 Å². The Bertz CT molecular complexity index is 263. The maximum atomic E-state index is 11.7. The normalized spacial score (nSPS) is 31.6. The number of hydroxylamine groups is 2. The van der Waals surface area contributed by atoms with E-state index in [1.165, 1.54) is 0 Å². The second-order valence-corrected chi connectivity index (χ2v) is 3.74. The van der Waals surface area contributed by atoms with Crippen molar-refractivity contribution in [1.29, 1.82) is 0 Å². The van der Waals surface area contributed by atoms with E-state index in [-0.39, 0.29) is 23.7 Å². The third-order valence-corrected chi connectivity index (χ3v) is 2.98. The van der Waals surface area contributed by atoms with E-state index in [1.807, 2.05) is 0 Å². The van der Waals surface area contributed by atoms with Gasteiger partial charge >= 0.3 is 0 Å². The second-order valence-electron chi connectivity index (χ2n) is 3.74. The number of rotatable bonds is 2. The van der Waals surface area contributed by atoms with E-state index in [4.69, 9.17) is 4.84 Å². The Morgan fingerprint density at radius 1 is 1.21 bits per heavy atom. The van der Waals surface area contributed by atoms with Crippen molar-refractivity contribution >= 4 is 11.8 Å². The van der Waals surface area contributed by atoms with Crippen LogP contribution in [-0.2, 0) is 14.4 Å². The summed E-state index contributed by atoms with van der Waals surface area (Å²) < 4.78 is 0. The number of amides is 2. The molecule has 0 N–H and O–H groups in total. The first-order valence-corrected chi connectivity index (χ1v) is 4.91. The van der Waals surface area contributed by atoms with Crippen molar-refractivity contribution in [2.75, 3.05) is 0 Å². The molecule has 4 heteroatoms. The van der Waals surface area contributed by atoms with Gasteiger partial charge in [-0.3, -0.25) is 9.59 Å². The van der Waals surface area contributed by atoms with Crippen LogP contribution in [0.15, 0.2) is 12.8 Å². The lowest BCUT2D eigenvalue weighted by molar-refractivity contribution is -0.174. The summed E-state index contributed by atoms with van der Waals surface area (Å²) in [6, 6.07) is 0. The molecule has 2 fully saturated rings. The first-order valence-electron chi connectivity index (χ1n) is 4.91. The molecule has 2 aliphatic rings. The highest BCUT2D eigenvalue weighted by molar-refractivity contribution is 6.04. The first kappa shape index (κ1) is 9.24. The van der Waals surface area contributed by atoms with Crippen molar-refractivity contribution in [3.63, 3.8) is 0 Å². The van der Waals surface area contributed by atoms with Gasteiger partial charge in [0, 0.05) is 0 Å². The summed E-state index contributed by atoms with van der Waals surface area (Å²) in [4.78, 5) is 28.2. The van der Waals surface area contributed by atoms with Crippen molar-refractivity contribution in [1.82, 2.24) is 5.06 Å². The Balaban J connectivity index is 2.19. The van der Waals surface area contributed by atoms with Crippen molar-refractivity contribution in [3.8, 4) is 0 Å². The molecule has 14 heavy (non-hydrogen) atoms. The van der Waals surface area contributed by atoms with Crippen LogP contribution in [0.5, 0.6) is 0 Å². The third-order valence-electron chi connectivity index (χ3n) is 2.98. The lowest BCUT2D eigenvalue weighted by Crippen LogP contribution is -2.29. The van der Waals surface area contributed by atoms with Crippen LogP contribution >= 0.6 is 0 Å². The molecule has 76 valence electrons. The highest BCUT2D eigenvalue weighted by Crippen LogP contribution is 2.37. The van der Waals surface area contributed by atoms with E-state index in [1.54, 1.807) is 0 Å². The fourth-order valence-corrected chi connectivity index (χ4v) is 2.31. The molecule has 1 aliphatic carbocycles. The monoisotopic (exact) mass is 195 g/mol. The average Bonchev–Trinajstić information content (AvgIpc) is 2.45.